The summed E-state index contributed by atoms with van der Waals surface area (Å²) in [6.45, 7) is 3.37. The topological polar surface area (TPSA) is 98.8 Å². The highest BCUT2D eigenvalue weighted by atomic mass is 16.2. The summed E-state index contributed by atoms with van der Waals surface area (Å²) in [5, 5.41) is 5.73. The highest BCUT2D eigenvalue weighted by Crippen LogP contribution is 2.30. The van der Waals surface area contributed by atoms with Gasteiger partial charge in [0.25, 0.3) is 11.8 Å². The van der Waals surface area contributed by atoms with Gasteiger partial charge in [-0.1, -0.05) is 0 Å². The van der Waals surface area contributed by atoms with Crippen molar-refractivity contribution in [2.24, 2.45) is 0 Å². The molecule has 0 radical (unpaired) electrons. The molecule has 0 aromatic heterocycles. The Morgan fingerprint density at radius 1 is 1.23 bits per heavy atom. The zero-order valence-electron chi connectivity index (χ0n) is 14.7. The summed E-state index contributed by atoms with van der Waals surface area (Å²) in [7, 11) is 1.44. The average Bonchev–Trinajstić information content (AvgIpc) is 2.93. The molecule has 1 aromatic rings. The minimum Gasteiger partial charge on any atom is -0.369 e. The van der Waals surface area contributed by atoms with Gasteiger partial charge in [0.1, 0.15) is 12.3 Å². The van der Waals surface area contributed by atoms with Crippen LogP contribution in [0.1, 0.15) is 33.6 Å². The van der Waals surface area contributed by atoms with Crippen molar-refractivity contribution < 1.29 is 19.2 Å². The number of carbonyl (C=O) groups is 4. The number of nitrogens with one attached hydrogen (secondary N) is 2. The first-order valence-electron chi connectivity index (χ1n) is 8.71. The molecule has 0 saturated carbocycles. The number of rotatable bonds is 6. The van der Waals surface area contributed by atoms with E-state index in [0.29, 0.717) is 17.4 Å². The SMILES string of the molecule is CNC(=O)C(CCC=O)N1C(=O)c2ccc(N3CCNCC3)cc2C1=O. The predicted octanol–water partition coefficient (Wildman–Crippen LogP) is -0.214. The number of fused-ring (bicyclic) bond motifs is 1. The van der Waals surface area contributed by atoms with Crippen LogP contribution in [0.5, 0.6) is 0 Å². The van der Waals surface area contributed by atoms with Gasteiger partial charge in [-0.05, 0) is 24.6 Å². The molecule has 2 aliphatic rings. The third-order valence-corrected chi connectivity index (χ3v) is 4.80. The van der Waals surface area contributed by atoms with E-state index >= 15 is 0 Å². The summed E-state index contributed by atoms with van der Waals surface area (Å²) in [6.07, 6.45) is 0.882. The Morgan fingerprint density at radius 3 is 2.58 bits per heavy atom. The third-order valence-electron chi connectivity index (χ3n) is 4.80. The standard InChI is InChI=1S/C18H22N4O4/c1-19-16(24)15(3-2-10-23)22-17(25)13-5-4-12(11-14(13)18(22)26)21-8-6-20-7-9-21/h4-5,10-11,15,20H,2-3,6-9H2,1H3,(H,19,24). The number of likely N-dealkylation sites (N-methyl/N-ethyl adjacent to an activating group) is 1. The maximum atomic E-state index is 12.9. The van der Waals surface area contributed by atoms with E-state index in [0.717, 1.165) is 36.8 Å². The van der Waals surface area contributed by atoms with Crippen LogP contribution in [0.3, 0.4) is 0 Å². The van der Waals surface area contributed by atoms with Crippen LogP contribution in [0.25, 0.3) is 0 Å². The fourth-order valence-electron chi connectivity index (χ4n) is 3.42. The molecule has 0 aliphatic carbocycles. The molecule has 2 heterocycles. The number of anilines is 1. The molecule has 1 saturated heterocycles. The maximum absolute atomic E-state index is 12.9. The Morgan fingerprint density at radius 2 is 1.92 bits per heavy atom. The second kappa shape index (κ2) is 7.65. The highest BCUT2D eigenvalue weighted by Gasteiger charge is 2.42. The number of hydrogen-bond acceptors (Lipinski definition) is 6. The van der Waals surface area contributed by atoms with E-state index in [-0.39, 0.29) is 12.8 Å². The van der Waals surface area contributed by atoms with Gasteiger partial charge in [0, 0.05) is 45.3 Å². The molecule has 1 unspecified atom stereocenters. The zero-order valence-corrected chi connectivity index (χ0v) is 14.7. The van der Waals surface area contributed by atoms with E-state index in [9.17, 15) is 19.2 Å². The number of imide groups is 1. The number of benzene rings is 1. The predicted molar refractivity (Wildman–Crippen MR) is 95.2 cm³/mol. The van der Waals surface area contributed by atoms with Crippen molar-refractivity contribution in [2.45, 2.75) is 18.9 Å². The maximum Gasteiger partial charge on any atom is 0.262 e. The molecule has 0 spiro atoms. The molecule has 3 amide bonds. The van der Waals surface area contributed by atoms with Crippen LogP contribution >= 0.6 is 0 Å². The summed E-state index contributed by atoms with van der Waals surface area (Å²) in [6, 6.07) is 4.22. The third kappa shape index (κ3) is 3.20. The fourth-order valence-corrected chi connectivity index (χ4v) is 3.42. The summed E-state index contributed by atoms with van der Waals surface area (Å²) in [5.74, 6) is -1.43. The number of amides is 3. The van der Waals surface area contributed by atoms with Gasteiger partial charge in [-0.25, -0.2) is 0 Å². The van der Waals surface area contributed by atoms with Crippen molar-refractivity contribution in [3.05, 3.63) is 29.3 Å². The lowest BCUT2D eigenvalue weighted by Gasteiger charge is -2.29. The lowest BCUT2D eigenvalue weighted by Crippen LogP contribution is -2.48. The minimum absolute atomic E-state index is 0.0948. The molecule has 138 valence electrons. The van der Waals surface area contributed by atoms with Gasteiger partial charge in [-0.15, -0.1) is 0 Å². The highest BCUT2D eigenvalue weighted by molar-refractivity contribution is 6.23. The van der Waals surface area contributed by atoms with Crippen molar-refractivity contribution in [3.63, 3.8) is 0 Å². The molecule has 2 N–H and O–H groups in total. The average molecular weight is 358 g/mol. The van der Waals surface area contributed by atoms with E-state index in [1.165, 1.54) is 7.05 Å². The van der Waals surface area contributed by atoms with Gasteiger partial charge >= 0.3 is 0 Å². The molecule has 1 fully saturated rings. The van der Waals surface area contributed by atoms with Crippen molar-refractivity contribution in [1.82, 2.24) is 15.5 Å². The smallest absolute Gasteiger partial charge is 0.262 e. The fraction of sp³-hybridized carbons (Fsp3) is 0.444. The molecular formula is C18H22N4O4. The van der Waals surface area contributed by atoms with Crippen LogP contribution < -0.4 is 15.5 Å². The van der Waals surface area contributed by atoms with Crippen molar-refractivity contribution in [2.75, 3.05) is 38.1 Å². The van der Waals surface area contributed by atoms with Crippen LogP contribution in [0.2, 0.25) is 0 Å². The Kier molecular flexibility index (Phi) is 5.32. The summed E-state index contributed by atoms with van der Waals surface area (Å²) in [4.78, 5) is 51.6. The van der Waals surface area contributed by atoms with Gasteiger partial charge in [0.15, 0.2) is 0 Å². The lowest BCUT2D eigenvalue weighted by molar-refractivity contribution is -0.124. The molecule has 8 nitrogen and oxygen atoms in total. The van der Waals surface area contributed by atoms with E-state index < -0.39 is 23.8 Å². The Bertz CT molecular complexity index is 743. The van der Waals surface area contributed by atoms with E-state index in [1.807, 2.05) is 6.07 Å². The largest absolute Gasteiger partial charge is 0.369 e. The second-order valence-corrected chi connectivity index (χ2v) is 6.32. The lowest BCUT2D eigenvalue weighted by atomic mass is 10.1. The van der Waals surface area contributed by atoms with Crippen molar-refractivity contribution in [1.29, 1.82) is 0 Å². The number of hydrogen-bond donors (Lipinski definition) is 2. The molecule has 26 heavy (non-hydrogen) atoms. The van der Waals surface area contributed by atoms with Crippen LogP contribution in [0.15, 0.2) is 18.2 Å². The molecule has 8 heteroatoms. The first-order chi connectivity index (χ1) is 12.6. The summed E-state index contributed by atoms with van der Waals surface area (Å²) in [5.41, 5.74) is 1.50. The number of aldehydes is 1. The Balaban J connectivity index is 1.90. The second-order valence-electron chi connectivity index (χ2n) is 6.32. The molecule has 2 aliphatic heterocycles. The number of nitrogens with zero attached hydrogens (tertiary/aromatic N) is 2. The van der Waals surface area contributed by atoms with Crippen molar-refractivity contribution in [3.8, 4) is 0 Å². The number of piperazine rings is 1. The van der Waals surface area contributed by atoms with Gasteiger partial charge in [0.2, 0.25) is 5.91 Å². The van der Waals surface area contributed by atoms with Crippen LogP contribution in [0, 0.1) is 0 Å². The van der Waals surface area contributed by atoms with E-state index in [1.54, 1.807) is 12.1 Å². The van der Waals surface area contributed by atoms with E-state index in [2.05, 4.69) is 15.5 Å². The van der Waals surface area contributed by atoms with Gasteiger partial charge < -0.3 is 20.3 Å². The number of carbonyl (C=O) groups excluding carboxylic acids is 4. The van der Waals surface area contributed by atoms with Gasteiger partial charge in [-0.3, -0.25) is 19.3 Å². The Hall–Kier alpha value is -2.74. The van der Waals surface area contributed by atoms with Crippen molar-refractivity contribution >= 4 is 29.7 Å². The molecule has 3 rings (SSSR count). The monoisotopic (exact) mass is 358 g/mol. The molecule has 0 bridgehead atoms. The first-order valence-corrected chi connectivity index (χ1v) is 8.71. The van der Waals surface area contributed by atoms with E-state index in [4.69, 9.17) is 0 Å². The van der Waals surface area contributed by atoms with Crippen LogP contribution in [0.4, 0.5) is 5.69 Å². The molecule has 1 aromatic carbocycles. The normalized spacial score (nSPS) is 17.9. The van der Waals surface area contributed by atoms with Gasteiger partial charge in [0.05, 0.1) is 11.1 Å². The first kappa shape index (κ1) is 18.1. The summed E-state index contributed by atoms with van der Waals surface area (Å²) >= 11 is 0. The van der Waals surface area contributed by atoms with Gasteiger partial charge in [-0.2, -0.15) is 0 Å². The minimum atomic E-state index is -0.986. The quantitative estimate of drug-likeness (QED) is 0.539. The zero-order chi connectivity index (χ0) is 18.7. The Labute approximate surface area is 151 Å². The summed E-state index contributed by atoms with van der Waals surface area (Å²) < 4.78 is 0. The molecule has 1 atom stereocenters. The van der Waals surface area contributed by atoms with Crippen LogP contribution in [-0.2, 0) is 9.59 Å². The molecular weight excluding hydrogens is 336 g/mol. The van der Waals surface area contributed by atoms with Crippen LogP contribution in [-0.4, -0.2) is 68.2 Å².